The van der Waals surface area contributed by atoms with E-state index in [1.54, 1.807) is 0 Å². The third-order valence-corrected chi connectivity index (χ3v) is 5.16. The summed E-state index contributed by atoms with van der Waals surface area (Å²) in [6.45, 7) is 8.20. The van der Waals surface area contributed by atoms with Gasteiger partial charge >= 0.3 is 0 Å². The molecule has 0 amide bonds. The van der Waals surface area contributed by atoms with Crippen molar-refractivity contribution in [2.24, 2.45) is 0 Å². The normalized spacial score (nSPS) is 11.0. The van der Waals surface area contributed by atoms with Crippen molar-refractivity contribution >= 4 is 0 Å². The fourth-order valence-corrected chi connectivity index (χ4v) is 3.44. The molecule has 0 atom stereocenters. The Labute approximate surface area is 178 Å². The average Bonchev–Trinajstić information content (AvgIpc) is 2.75. The summed E-state index contributed by atoms with van der Waals surface area (Å²) in [6.07, 6.45) is 8.89. The summed E-state index contributed by atoms with van der Waals surface area (Å²) in [6, 6.07) is 16.6. The van der Waals surface area contributed by atoms with Gasteiger partial charge in [-0.3, -0.25) is 0 Å². The van der Waals surface area contributed by atoms with Gasteiger partial charge in [-0.2, -0.15) is 0 Å². The molecular weight excluding hydrogens is 358 g/mol. The summed E-state index contributed by atoms with van der Waals surface area (Å²) in [4.78, 5) is 2.46. The van der Waals surface area contributed by atoms with E-state index < -0.39 is 0 Å². The second kappa shape index (κ2) is 14.1. The molecule has 0 aromatic heterocycles. The van der Waals surface area contributed by atoms with Crippen LogP contribution in [0.1, 0.15) is 58.8 Å². The lowest BCUT2D eigenvalue weighted by molar-refractivity contribution is 0.299. The highest BCUT2D eigenvalue weighted by Crippen LogP contribution is 2.27. The highest BCUT2D eigenvalue weighted by Gasteiger charge is 2.03. The lowest BCUT2D eigenvalue weighted by Crippen LogP contribution is -2.20. The molecule has 0 aliphatic carbocycles. The quantitative estimate of drug-likeness (QED) is 0.308. The zero-order chi connectivity index (χ0) is 20.7. The van der Waals surface area contributed by atoms with E-state index >= 15 is 0 Å². The molecule has 0 bridgehead atoms. The molecule has 2 rings (SSSR count). The van der Waals surface area contributed by atoms with Crippen molar-refractivity contribution in [2.75, 3.05) is 33.4 Å². The van der Waals surface area contributed by atoms with Crippen LogP contribution in [0.15, 0.2) is 48.5 Å². The maximum atomic E-state index is 6.00. The zero-order valence-electron chi connectivity index (χ0n) is 18.7. The van der Waals surface area contributed by atoms with Crippen LogP contribution >= 0.6 is 0 Å². The number of unbranched alkanes of at least 4 members (excludes halogenated alkanes) is 5. The summed E-state index contributed by atoms with van der Waals surface area (Å²) in [5.74, 6) is 1.86. The predicted octanol–water partition coefficient (Wildman–Crippen LogP) is 6.81. The SMILES string of the molecule is CCCCN(C)CCCCCCCOc1cccc(-c2cccc(OCC)c2)c1. The molecule has 0 aliphatic rings. The molecule has 160 valence electrons. The van der Waals surface area contributed by atoms with Crippen LogP contribution in [0.3, 0.4) is 0 Å². The Morgan fingerprint density at radius 2 is 1.28 bits per heavy atom. The molecule has 0 saturated carbocycles. The van der Waals surface area contributed by atoms with Crippen LogP contribution in [0.2, 0.25) is 0 Å². The highest BCUT2D eigenvalue weighted by atomic mass is 16.5. The summed E-state index contributed by atoms with van der Waals surface area (Å²) in [5.41, 5.74) is 2.32. The van der Waals surface area contributed by atoms with Gasteiger partial charge in [0.2, 0.25) is 0 Å². The van der Waals surface area contributed by atoms with Gasteiger partial charge in [-0.05, 0) is 81.7 Å². The van der Waals surface area contributed by atoms with Gasteiger partial charge in [-0.15, -0.1) is 0 Å². The molecule has 0 spiro atoms. The van der Waals surface area contributed by atoms with Crippen LogP contribution in [0.5, 0.6) is 11.5 Å². The molecule has 0 N–H and O–H groups in total. The van der Waals surface area contributed by atoms with Crippen molar-refractivity contribution in [1.82, 2.24) is 4.90 Å². The fourth-order valence-electron chi connectivity index (χ4n) is 3.44. The summed E-state index contributed by atoms with van der Waals surface area (Å²) < 4.78 is 11.6. The van der Waals surface area contributed by atoms with E-state index in [4.69, 9.17) is 9.47 Å². The highest BCUT2D eigenvalue weighted by molar-refractivity contribution is 5.66. The number of rotatable bonds is 15. The van der Waals surface area contributed by atoms with E-state index in [1.165, 1.54) is 51.6 Å². The molecule has 0 radical (unpaired) electrons. The second-order valence-electron chi connectivity index (χ2n) is 7.76. The van der Waals surface area contributed by atoms with Crippen LogP contribution in [-0.2, 0) is 0 Å². The minimum Gasteiger partial charge on any atom is -0.494 e. The molecule has 3 heteroatoms. The van der Waals surface area contributed by atoms with Crippen LogP contribution in [0, 0.1) is 0 Å². The molecule has 0 unspecified atom stereocenters. The van der Waals surface area contributed by atoms with E-state index in [0.29, 0.717) is 6.61 Å². The van der Waals surface area contributed by atoms with E-state index in [1.807, 2.05) is 25.1 Å². The maximum absolute atomic E-state index is 6.00. The molecule has 2 aromatic rings. The van der Waals surface area contributed by atoms with Crippen molar-refractivity contribution in [3.05, 3.63) is 48.5 Å². The van der Waals surface area contributed by atoms with Gasteiger partial charge in [0.05, 0.1) is 13.2 Å². The maximum Gasteiger partial charge on any atom is 0.119 e. The Balaban J connectivity index is 1.65. The molecule has 0 aliphatic heterocycles. The minimum atomic E-state index is 0.683. The van der Waals surface area contributed by atoms with Gasteiger partial charge in [-0.1, -0.05) is 56.9 Å². The Kier molecular flexibility index (Phi) is 11.3. The fraction of sp³-hybridized carbons (Fsp3) is 0.538. The Bertz CT molecular complexity index is 686. The largest absolute Gasteiger partial charge is 0.494 e. The molecule has 2 aromatic carbocycles. The van der Waals surface area contributed by atoms with Crippen LogP contribution in [0.25, 0.3) is 11.1 Å². The summed E-state index contributed by atoms with van der Waals surface area (Å²) in [7, 11) is 2.24. The Morgan fingerprint density at radius 3 is 1.93 bits per heavy atom. The Morgan fingerprint density at radius 1 is 0.690 bits per heavy atom. The Hall–Kier alpha value is -2.00. The van der Waals surface area contributed by atoms with Gasteiger partial charge < -0.3 is 14.4 Å². The molecule has 0 fully saturated rings. The lowest BCUT2D eigenvalue weighted by Gasteiger charge is -2.15. The third kappa shape index (κ3) is 9.36. The first-order chi connectivity index (χ1) is 14.2. The van der Waals surface area contributed by atoms with Gasteiger partial charge in [0, 0.05) is 0 Å². The number of ether oxygens (including phenoxy) is 2. The van der Waals surface area contributed by atoms with Crippen molar-refractivity contribution in [3.8, 4) is 22.6 Å². The van der Waals surface area contributed by atoms with Crippen LogP contribution in [0.4, 0.5) is 0 Å². The molecule has 0 heterocycles. The lowest BCUT2D eigenvalue weighted by atomic mass is 10.1. The molecular formula is C26H39NO2. The first-order valence-electron chi connectivity index (χ1n) is 11.4. The van der Waals surface area contributed by atoms with Gasteiger partial charge in [0.25, 0.3) is 0 Å². The average molecular weight is 398 g/mol. The van der Waals surface area contributed by atoms with E-state index in [-0.39, 0.29) is 0 Å². The molecule has 3 nitrogen and oxygen atoms in total. The van der Waals surface area contributed by atoms with Crippen molar-refractivity contribution in [1.29, 1.82) is 0 Å². The van der Waals surface area contributed by atoms with E-state index in [2.05, 4.69) is 49.2 Å². The topological polar surface area (TPSA) is 21.7 Å². The predicted molar refractivity (Wildman–Crippen MR) is 124 cm³/mol. The first-order valence-corrected chi connectivity index (χ1v) is 11.4. The monoisotopic (exact) mass is 397 g/mol. The van der Waals surface area contributed by atoms with Crippen molar-refractivity contribution < 1.29 is 9.47 Å². The van der Waals surface area contributed by atoms with Crippen LogP contribution in [-0.4, -0.2) is 38.3 Å². The molecule has 0 saturated heterocycles. The smallest absolute Gasteiger partial charge is 0.119 e. The number of nitrogens with zero attached hydrogens (tertiary/aromatic N) is 1. The summed E-state index contributed by atoms with van der Waals surface area (Å²) >= 11 is 0. The van der Waals surface area contributed by atoms with Crippen molar-refractivity contribution in [3.63, 3.8) is 0 Å². The zero-order valence-corrected chi connectivity index (χ0v) is 18.7. The first kappa shape index (κ1) is 23.3. The van der Waals surface area contributed by atoms with Gasteiger partial charge in [0.15, 0.2) is 0 Å². The summed E-state index contributed by atoms with van der Waals surface area (Å²) in [5, 5.41) is 0. The van der Waals surface area contributed by atoms with Gasteiger partial charge in [-0.25, -0.2) is 0 Å². The molecule has 29 heavy (non-hydrogen) atoms. The van der Waals surface area contributed by atoms with Crippen LogP contribution < -0.4 is 9.47 Å². The third-order valence-electron chi connectivity index (χ3n) is 5.16. The van der Waals surface area contributed by atoms with E-state index in [0.717, 1.165) is 35.7 Å². The minimum absolute atomic E-state index is 0.683. The number of hydrogen-bond acceptors (Lipinski definition) is 3. The standard InChI is InChI=1S/C26H39NO2/c1-4-6-18-27(3)19-10-8-7-9-11-20-29-26-17-13-15-24(22-26)23-14-12-16-25(21-23)28-5-2/h12-17,21-22H,4-11,18-20H2,1-3H3. The number of benzene rings is 2. The van der Waals surface area contributed by atoms with Gasteiger partial charge in [0.1, 0.15) is 11.5 Å². The van der Waals surface area contributed by atoms with E-state index in [9.17, 15) is 0 Å². The number of hydrogen-bond donors (Lipinski definition) is 0. The van der Waals surface area contributed by atoms with Crippen molar-refractivity contribution in [2.45, 2.75) is 58.8 Å². The second-order valence-corrected chi connectivity index (χ2v) is 7.76.